The van der Waals surface area contributed by atoms with E-state index in [9.17, 15) is 4.79 Å². The predicted octanol–water partition coefficient (Wildman–Crippen LogP) is 3.13. The number of piperidine rings is 1. The van der Waals surface area contributed by atoms with Crippen molar-refractivity contribution >= 4 is 22.7 Å². The smallest absolute Gasteiger partial charge is 0.408 e. The van der Waals surface area contributed by atoms with Gasteiger partial charge in [-0.05, 0) is 43.0 Å². The molecule has 1 aromatic heterocycles. The fourth-order valence-electron chi connectivity index (χ4n) is 2.94. The lowest BCUT2D eigenvalue weighted by Gasteiger charge is -2.32. The second kappa shape index (κ2) is 5.62. The lowest BCUT2D eigenvalue weighted by molar-refractivity contribution is 0.184. The minimum absolute atomic E-state index is 0.0788. The molecule has 2 aromatic rings. The summed E-state index contributed by atoms with van der Waals surface area (Å²) >= 11 is 6.52. The number of rotatable bonds is 3. The van der Waals surface area contributed by atoms with Crippen molar-refractivity contribution < 1.29 is 4.42 Å². The Bertz CT molecular complexity index is 649. The van der Waals surface area contributed by atoms with Crippen molar-refractivity contribution in [3.8, 4) is 0 Å². The van der Waals surface area contributed by atoms with Gasteiger partial charge < -0.3 is 9.32 Å². The number of hydrogen-bond donors (Lipinski definition) is 1. The Balaban J connectivity index is 1.74. The molecule has 2 unspecified atom stereocenters. The van der Waals surface area contributed by atoms with Gasteiger partial charge in [-0.3, -0.25) is 4.98 Å². The number of aromatic nitrogens is 1. The number of fused-ring (bicyclic) bond motifs is 1. The number of alkyl halides is 1. The number of likely N-dealkylation sites (tertiary alicyclic amines) is 1. The number of nitrogens with one attached hydrogen (secondary N) is 1. The molecule has 108 valence electrons. The van der Waals surface area contributed by atoms with Gasteiger partial charge in [-0.1, -0.05) is 13.0 Å². The van der Waals surface area contributed by atoms with Crippen LogP contribution in [0.15, 0.2) is 27.4 Å². The van der Waals surface area contributed by atoms with Gasteiger partial charge in [-0.2, -0.15) is 0 Å². The fourth-order valence-corrected chi connectivity index (χ4v) is 3.27. The van der Waals surface area contributed by atoms with Crippen molar-refractivity contribution in [3.05, 3.63) is 34.3 Å². The normalized spacial score (nSPS) is 22.2. The average molecular weight is 295 g/mol. The van der Waals surface area contributed by atoms with E-state index in [1.807, 2.05) is 18.2 Å². The van der Waals surface area contributed by atoms with Crippen LogP contribution in [0.4, 0.5) is 0 Å². The van der Waals surface area contributed by atoms with Crippen LogP contribution in [0.25, 0.3) is 11.1 Å². The molecule has 1 saturated heterocycles. The molecular weight excluding hydrogens is 276 g/mol. The number of benzene rings is 1. The quantitative estimate of drug-likeness (QED) is 0.885. The molecule has 1 fully saturated rings. The zero-order chi connectivity index (χ0) is 14.1. The average Bonchev–Trinajstić information content (AvgIpc) is 2.77. The molecule has 2 atom stereocenters. The molecule has 2 heterocycles. The molecule has 4 nitrogen and oxygen atoms in total. The summed E-state index contributed by atoms with van der Waals surface area (Å²) in [5.74, 6) is 0.325. The van der Waals surface area contributed by atoms with Crippen molar-refractivity contribution in [1.29, 1.82) is 0 Å². The zero-order valence-corrected chi connectivity index (χ0v) is 12.3. The molecule has 0 amide bonds. The lowest BCUT2D eigenvalue weighted by Crippen LogP contribution is -2.36. The summed E-state index contributed by atoms with van der Waals surface area (Å²) in [6.45, 7) is 5.36. The molecule has 1 aliphatic rings. The zero-order valence-electron chi connectivity index (χ0n) is 11.6. The first-order valence-electron chi connectivity index (χ1n) is 7.11. The Hall–Kier alpha value is -1.26. The molecule has 0 bridgehead atoms. The second-order valence-electron chi connectivity index (χ2n) is 5.74. The third-order valence-electron chi connectivity index (χ3n) is 3.97. The van der Waals surface area contributed by atoms with E-state index in [0.717, 1.165) is 31.1 Å². The van der Waals surface area contributed by atoms with Gasteiger partial charge in [0.1, 0.15) is 0 Å². The van der Waals surface area contributed by atoms with Crippen LogP contribution < -0.4 is 5.76 Å². The standard InChI is InChI=1S/C15H19ClN2O2/c1-10-3-2-6-18(8-10)9-12(16)11-4-5-13-14(7-11)20-15(19)17-13/h4-5,7,10,12H,2-3,6,8-9H2,1H3,(H,17,19). The summed E-state index contributed by atoms with van der Waals surface area (Å²) in [5.41, 5.74) is 2.29. The second-order valence-corrected chi connectivity index (χ2v) is 6.27. The van der Waals surface area contributed by atoms with E-state index in [1.54, 1.807) is 0 Å². The van der Waals surface area contributed by atoms with Crippen molar-refractivity contribution in [2.24, 2.45) is 5.92 Å². The van der Waals surface area contributed by atoms with Crippen molar-refractivity contribution in [3.63, 3.8) is 0 Å². The number of halogens is 1. The molecule has 0 aliphatic carbocycles. The predicted molar refractivity (Wildman–Crippen MR) is 80.3 cm³/mol. The van der Waals surface area contributed by atoms with Crippen LogP contribution in [0.2, 0.25) is 0 Å². The highest BCUT2D eigenvalue weighted by atomic mass is 35.5. The molecule has 0 spiro atoms. The SMILES string of the molecule is CC1CCCN(CC(Cl)c2ccc3[nH]c(=O)oc3c2)C1. The maximum Gasteiger partial charge on any atom is 0.417 e. The third-order valence-corrected chi connectivity index (χ3v) is 4.36. The van der Waals surface area contributed by atoms with Crippen LogP contribution >= 0.6 is 11.6 Å². The number of H-pyrrole nitrogens is 1. The van der Waals surface area contributed by atoms with Gasteiger partial charge >= 0.3 is 5.76 Å². The van der Waals surface area contributed by atoms with E-state index < -0.39 is 5.76 Å². The van der Waals surface area contributed by atoms with Gasteiger partial charge in [-0.25, -0.2) is 4.79 Å². The first-order chi connectivity index (χ1) is 9.61. The molecule has 1 aliphatic heterocycles. The van der Waals surface area contributed by atoms with Gasteiger partial charge in [0.05, 0.1) is 10.9 Å². The van der Waals surface area contributed by atoms with E-state index in [0.29, 0.717) is 11.1 Å². The highest BCUT2D eigenvalue weighted by Crippen LogP contribution is 2.26. The molecule has 3 rings (SSSR count). The molecule has 1 N–H and O–H groups in total. The topological polar surface area (TPSA) is 49.2 Å². The van der Waals surface area contributed by atoms with Crippen molar-refractivity contribution in [2.75, 3.05) is 19.6 Å². The van der Waals surface area contributed by atoms with E-state index in [-0.39, 0.29) is 5.38 Å². The number of oxazole rings is 1. The van der Waals surface area contributed by atoms with Crippen LogP contribution in [0.1, 0.15) is 30.7 Å². The summed E-state index contributed by atoms with van der Waals surface area (Å²) in [5, 5.41) is -0.0788. The maximum atomic E-state index is 11.2. The first-order valence-corrected chi connectivity index (χ1v) is 7.54. The van der Waals surface area contributed by atoms with E-state index in [4.69, 9.17) is 16.0 Å². The monoisotopic (exact) mass is 294 g/mol. The van der Waals surface area contributed by atoms with Crippen molar-refractivity contribution in [1.82, 2.24) is 9.88 Å². The highest BCUT2D eigenvalue weighted by Gasteiger charge is 2.20. The van der Waals surface area contributed by atoms with Crippen LogP contribution in [0, 0.1) is 5.92 Å². The fraction of sp³-hybridized carbons (Fsp3) is 0.533. The summed E-state index contributed by atoms with van der Waals surface area (Å²) in [6.07, 6.45) is 2.56. The third kappa shape index (κ3) is 2.91. The Morgan fingerprint density at radius 1 is 1.55 bits per heavy atom. The largest absolute Gasteiger partial charge is 0.417 e. The van der Waals surface area contributed by atoms with Crippen molar-refractivity contribution in [2.45, 2.75) is 25.1 Å². The molecule has 20 heavy (non-hydrogen) atoms. The van der Waals surface area contributed by atoms with E-state index in [1.165, 1.54) is 12.8 Å². The summed E-state index contributed by atoms with van der Waals surface area (Å²) in [4.78, 5) is 16.2. The van der Waals surface area contributed by atoms with E-state index >= 15 is 0 Å². The van der Waals surface area contributed by atoms with Gasteiger partial charge in [0, 0.05) is 13.1 Å². The summed E-state index contributed by atoms with van der Waals surface area (Å²) in [6, 6.07) is 5.67. The minimum atomic E-state index is -0.423. The minimum Gasteiger partial charge on any atom is -0.408 e. The molecule has 5 heteroatoms. The lowest BCUT2D eigenvalue weighted by atomic mass is 10.00. The van der Waals surface area contributed by atoms with Gasteiger partial charge in [0.2, 0.25) is 0 Å². The Morgan fingerprint density at radius 3 is 3.20 bits per heavy atom. The Kier molecular flexibility index (Phi) is 3.85. The molecule has 0 radical (unpaired) electrons. The number of hydrogen-bond acceptors (Lipinski definition) is 3. The summed E-state index contributed by atoms with van der Waals surface area (Å²) < 4.78 is 5.08. The highest BCUT2D eigenvalue weighted by molar-refractivity contribution is 6.21. The molecule has 0 saturated carbocycles. The summed E-state index contributed by atoms with van der Waals surface area (Å²) in [7, 11) is 0. The molecule has 1 aromatic carbocycles. The van der Waals surface area contributed by atoms with Crippen LogP contribution in [0.3, 0.4) is 0 Å². The Labute approximate surface area is 122 Å². The van der Waals surface area contributed by atoms with Gasteiger partial charge in [0.25, 0.3) is 0 Å². The number of nitrogens with zero attached hydrogens (tertiary/aromatic N) is 1. The van der Waals surface area contributed by atoms with Gasteiger partial charge in [0.15, 0.2) is 5.58 Å². The number of aromatic amines is 1. The maximum absolute atomic E-state index is 11.2. The van der Waals surface area contributed by atoms with Crippen LogP contribution in [-0.2, 0) is 0 Å². The Morgan fingerprint density at radius 2 is 2.40 bits per heavy atom. The first kappa shape index (κ1) is 13.7. The van der Waals surface area contributed by atoms with E-state index in [2.05, 4.69) is 16.8 Å². The van der Waals surface area contributed by atoms with Gasteiger partial charge in [-0.15, -0.1) is 11.6 Å². The molecular formula is C15H19ClN2O2. The van der Waals surface area contributed by atoms with Crippen LogP contribution in [-0.4, -0.2) is 29.5 Å². The van der Waals surface area contributed by atoms with Crippen LogP contribution in [0.5, 0.6) is 0 Å².